The number of aliphatic hydroxyl groups is 3. The highest BCUT2D eigenvalue weighted by Crippen LogP contribution is 2.53. The van der Waals surface area contributed by atoms with Crippen LogP contribution in [-0.4, -0.2) is 136 Å². The Morgan fingerprint density at radius 2 is 1.64 bits per heavy atom. The summed E-state index contributed by atoms with van der Waals surface area (Å²) in [6.07, 6.45) is -4.41. The molecule has 4 aliphatic rings. The summed E-state index contributed by atoms with van der Waals surface area (Å²) in [7, 11) is 1.32. The molecule has 1 amide bonds. The van der Waals surface area contributed by atoms with Crippen LogP contribution < -0.4 is 10.1 Å². The number of likely N-dealkylation sites (tertiary alicyclic amines) is 1. The fraction of sp³-hybridized carbons (Fsp3) is 0.434. The van der Waals surface area contributed by atoms with Gasteiger partial charge < -0.3 is 55.3 Å². The summed E-state index contributed by atoms with van der Waals surface area (Å²) >= 11 is 0. The highest BCUT2D eigenvalue weighted by Gasteiger charge is 2.50. The summed E-state index contributed by atoms with van der Waals surface area (Å²) in [5, 5.41) is 89.6. The van der Waals surface area contributed by atoms with E-state index in [0.29, 0.717) is 61.7 Å². The SMILES string of the molecule is CCc1nnc(-c2cc(C(C)C)c(O)cc2O)n1-c1ccc(CN2CCC(C(=O)N[C@H]3C[C@H](O[C@H]4C[C@](O)(C(=O)CO)Cc5c(O)c6c(c(O)c54)C(=O)c4c(OC)cccc4C6=O)O[C@@H](C)[C@H]3O)CC2)cc1. The molecule has 0 bridgehead atoms. The molecule has 19 nitrogen and oxygen atoms in total. The summed E-state index contributed by atoms with van der Waals surface area (Å²) in [4.78, 5) is 57.2. The maximum absolute atomic E-state index is 14.1. The lowest BCUT2D eigenvalue weighted by Crippen LogP contribution is -2.57. The molecular formula is C53H59N5O14. The van der Waals surface area contributed by atoms with Crippen LogP contribution in [0.15, 0.2) is 54.6 Å². The third kappa shape index (κ3) is 8.87. The molecule has 0 saturated carbocycles. The summed E-state index contributed by atoms with van der Waals surface area (Å²) in [6, 6.07) is 14.5. The van der Waals surface area contributed by atoms with Crippen molar-refractivity contribution >= 4 is 23.3 Å². The van der Waals surface area contributed by atoms with Gasteiger partial charge in [0.25, 0.3) is 0 Å². The molecule has 2 fully saturated rings. The number of rotatable bonds is 13. The van der Waals surface area contributed by atoms with E-state index in [-0.39, 0.29) is 63.7 Å². The van der Waals surface area contributed by atoms with Crippen LogP contribution in [0.2, 0.25) is 0 Å². The number of piperidine rings is 1. The van der Waals surface area contributed by atoms with E-state index >= 15 is 0 Å². The first kappa shape index (κ1) is 50.2. The minimum Gasteiger partial charge on any atom is -0.508 e. The zero-order valence-electron chi connectivity index (χ0n) is 40.6. The predicted molar refractivity (Wildman–Crippen MR) is 257 cm³/mol. The number of amides is 1. The first-order chi connectivity index (χ1) is 34.4. The Kier molecular flexibility index (Phi) is 13.7. The molecule has 1 aromatic heterocycles. The molecule has 3 heterocycles. The molecule has 2 aliphatic carbocycles. The standard InChI is InChI=1S/C53H59N5O14/c1-6-40-55-56-51(32-18-31(25(2)3)35(60)20-36(32)61)58(40)29-12-10-27(11-13-29)23-57-16-14-28(15-17-57)52(68)54-34-19-41(71-26(4)46(34)63)72-38-22-53(69,39(62)24-59)21-33-43(38)50(67)45-44(48(33)65)47(64)30-8-7-9-37(70-5)42(30)49(45)66/h7-13,18,20,25-26,28,34,38,41,46,59-61,63,65,67,69H,6,14-17,19,21-24H2,1-5H3,(H,54,68)/t26-,34-,38-,41-,46+,53-/m0/s1. The number of ketones is 3. The number of carbonyl (C=O) groups excluding carboxylic acids is 4. The van der Waals surface area contributed by atoms with E-state index in [2.05, 4.69) is 20.4 Å². The van der Waals surface area contributed by atoms with E-state index in [0.717, 1.165) is 11.3 Å². The molecule has 5 aromatic rings. The maximum Gasteiger partial charge on any atom is 0.223 e. The third-order valence-corrected chi connectivity index (χ3v) is 14.7. The second kappa shape index (κ2) is 19.7. The maximum atomic E-state index is 14.1. The molecule has 6 atom stereocenters. The number of benzene rings is 4. The van der Waals surface area contributed by atoms with Gasteiger partial charge in [-0.25, -0.2) is 0 Å². The number of nitrogens with zero attached hydrogens (tertiary/aromatic N) is 4. The van der Waals surface area contributed by atoms with E-state index < -0.39 is 95.7 Å². The fourth-order valence-corrected chi connectivity index (χ4v) is 10.7. The average molecular weight is 990 g/mol. The van der Waals surface area contributed by atoms with E-state index in [1.165, 1.54) is 31.4 Å². The Labute approximate surface area is 414 Å². The van der Waals surface area contributed by atoms with Gasteiger partial charge in [0.15, 0.2) is 23.7 Å². The van der Waals surface area contributed by atoms with E-state index in [1.807, 2.05) is 49.6 Å². The summed E-state index contributed by atoms with van der Waals surface area (Å²) in [6.45, 7) is 8.26. The Morgan fingerprint density at radius 1 is 0.931 bits per heavy atom. The van der Waals surface area contributed by atoms with Gasteiger partial charge in [-0.15, -0.1) is 10.2 Å². The third-order valence-electron chi connectivity index (χ3n) is 14.7. The molecule has 380 valence electrons. The summed E-state index contributed by atoms with van der Waals surface area (Å²) in [5.41, 5.74) is -1.01. The number of hydrogen-bond donors (Lipinski definition) is 8. The van der Waals surface area contributed by atoms with Crippen LogP contribution in [0, 0.1) is 5.92 Å². The van der Waals surface area contributed by atoms with Gasteiger partial charge in [-0.1, -0.05) is 45.0 Å². The lowest BCUT2D eigenvalue weighted by molar-refractivity contribution is -0.249. The van der Waals surface area contributed by atoms with Crippen molar-refractivity contribution in [2.75, 3.05) is 26.8 Å². The van der Waals surface area contributed by atoms with Crippen molar-refractivity contribution in [3.05, 3.63) is 105 Å². The Bertz CT molecular complexity index is 2960. The van der Waals surface area contributed by atoms with Crippen molar-refractivity contribution in [2.45, 2.75) is 115 Å². The monoisotopic (exact) mass is 989 g/mol. The number of aromatic nitrogens is 3. The first-order valence-corrected chi connectivity index (χ1v) is 24.2. The van der Waals surface area contributed by atoms with Crippen molar-refractivity contribution in [1.82, 2.24) is 25.0 Å². The molecular weight excluding hydrogens is 931 g/mol. The van der Waals surface area contributed by atoms with Crippen LogP contribution in [-0.2, 0) is 38.4 Å². The molecule has 72 heavy (non-hydrogen) atoms. The number of aliphatic hydroxyl groups excluding tert-OH is 2. The molecule has 19 heteroatoms. The number of aryl methyl sites for hydroxylation is 1. The fourth-order valence-electron chi connectivity index (χ4n) is 10.7. The molecule has 4 aromatic carbocycles. The van der Waals surface area contributed by atoms with Crippen molar-refractivity contribution in [3.63, 3.8) is 0 Å². The van der Waals surface area contributed by atoms with E-state index in [9.17, 15) is 54.9 Å². The van der Waals surface area contributed by atoms with Gasteiger partial charge in [-0.3, -0.25) is 28.6 Å². The van der Waals surface area contributed by atoms with Crippen molar-refractivity contribution in [1.29, 1.82) is 0 Å². The highest BCUT2D eigenvalue weighted by atomic mass is 16.7. The summed E-state index contributed by atoms with van der Waals surface area (Å²) in [5.74, 6) is -3.60. The number of ether oxygens (including phenoxy) is 3. The second-order valence-corrected chi connectivity index (χ2v) is 19.5. The zero-order chi connectivity index (χ0) is 51.5. The van der Waals surface area contributed by atoms with Crippen LogP contribution in [0.1, 0.15) is 125 Å². The van der Waals surface area contributed by atoms with Gasteiger partial charge in [0.2, 0.25) is 11.7 Å². The van der Waals surface area contributed by atoms with Gasteiger partial charge in [0.1, 0.15) is 52.9 Å². The number of phenolic OH excluding ortho intramolecular Hbond substituents is 4. The molecule has 2 aliphatic heterocycles. The summed E-state index contributed by atoms with van der Waals surface area (Å²) < 4.78 is 19.7. The van der Waals surface area contributed by atoms with Crippen molar-refractivity contribution in [2.24, 2.45) is 5.92 Å². The van der Waals surface area contributed by atoms with Gasteiger partial charge in [0.05, 0.1) is 47.6 Å². The highest BCUT2D eigenvalue weighted by molar-refractivity contribution is 6.31. The number of hydrogen-bond acceptors (Lipinski definition) is 17. The topological polar surface area (TPSA) is 284 Å². The van der Waals surface area contributed by atoms with Gasteiger partial charge in [-0.2, -0.15) is 0 Å². The first-order valence-electron chi connectivity index (χ1n) is 24.2. The molecule has 8 N–H and O–H groups in total. The minimum atomic E-state index is -2.35. The predicted octanol–water partition coefficient (Wildman–Crippen LogP) is 4.42. The number of methoxy groups -OCH3 is 1. The van der Waals surface area contributed by atoms with Crippen LogP contribution in [0.3, 0.4) is 0 Å². The lowest BCUT2D eigenvalue weighted by atomic mass is 9.72. The lowest BCUT2D eigenvalue weighted by Gasteiger charge is -2.43. The van der Waals surface area contributed by atoms with Gasteiger partial charge >= 0.3 is 0 Å². The van der Waals surface area contributed by atoms with Crippen molar-refractivity contribution < 1.29 is 69.1 Å². The quantitative estimate of drug-likeness (QED) is 0.0744. The zero-order valence-corrected chi connectivity index (χ0v) is 40.6. The van der Waals surface area contributed by atoms with E-state index in [4.69, 9.17) is 14.2 Å². The Morgan fingerprint density at radius 3 is 2.31 bits per heavy atom. The molecule has 2 saturated heterocycles. The average Bonchev–Trinajstić information content (AvgIpc) is 3.79. The largest absolute Gasteiger partial charge is 0.508 e. The van der Waals surface area contributed by atoms with Crippen LogP contribution in [0.4, 0.5) is 0 Å². The number of fused-ring (bicyclic) bond motifs is 3. The van der Waals surface area contributed by atoms with Gasteiger partial charge in [-0.05, 0) is 74.2 Å². The smallest absolute Gasteiger partial charge is 0.223 e. The van der Waals surface area contributed by atoms with Crippen LogP contribution >= 0.6 is 0 Å². The van der Waals surface area contributed by atoms with Crippen LogP contribution in [0.5, 0.6) is 28.7 Å². The second-order valence-electron chi connectivity index (χ2n) is 19.5. The number of carbonyl (C=O) groups is 4. The number of phenols is 4. The molecule has 9 rings (SSSR count). The Hall–Kier alpha value is -6.74. The number of aromatic hydroxyl groups is 4. The number of Topliss-reactive ketones (excluding diaryl/α,β-unsaturated/α-hetero) is 1. The van der Waals surface area contributed by atoms with Crippen LogP contribution in [0.25, 0.3) is 17.1 Å². The number of nitrogens with one attached hydrogen (secondary N) is 1. The van der Waals surface area contributed by atoms with Crippen molar-refractivity contribution in [3.8, 4) is 45.8 Å². The molecule has 0 spiro atoms. The normalized spacial score (nSPS) is 23.4. The minimum absolute atomic E-state index is 0.00902. The Balaban J connectivity index is 0.873. The van der Waals surface area contributed by atoms with Gasteiger partial charge in [0, 0.05) is 66.6 Å². The molecule has 0 radical (unpaired) electrons. The molecule has 0 unspecified atom stereocenters. The van der Waals surface area contributed by atoms with E-state index in [1.54, 1.807) is 13.0 Å².